The number of benzene rings is 2. The van der Waals surface area contributed by atoms with E-state index in [1.54, 1.807) is 6.92 Å². The lowest BCUT2D eigenvalue weighted by molar-refractivity contribution is -0.385. The van der Waals surface area contributed by atoms with Gasteiger partial charge in [-0.05, 0) is 25.1 Å². The van der Waals surface area contributed by atoms with Crippen molar-refractivity contribution in [3.63, 3.8) is 0 Å². The molecule has 0 radical (unpaired) electrons. The Morgan fingerprint density at radius 3 is 2.43 bits per heavy atom. The van der Waals surface area contributed by atoms with Crippen LogP contribution in [-0.4, -0.2) is 11.5 Å². The SMILES string of the molecule is CCOc1cc(Oc2c(F)cccc2F)ccc1[N+](=O)[O-]. The Balaban J connectivity index is 2.37. The fourth-order valence-electron chi connectivity index (χ4n) is 1.68. The van der Waals surface area contributed by atoms with Gasteiger partial charge in [0, 0.05) is 12.1 Å². The summed E-state index contributed by atoms with van der Waals surface area (Å²) in [7, 11) is 0. The second-order valence-corrected chi connectivity index (χ2v) is 3.97. The lowest BCUT2D eigenvalue weighted by Crippen LogP contribution is -1.98. The Morgan fingerprint density at radius 2 is 1.86 bits per heavy atom. The zero-order chi connectivity index (χ0) is 15.4. The Hall–Kier alpha value is -2.70. The van der Waals surface area contributed by atoms with Crippen molar-refractivity contribution in [3.05, 3.63) is 58.1 Å². The highest BCUT2D eigenvalue weighted by Gasteiger charge is 2.17. The molecule has 2 aromatic rings. The van der Waals surface area contributed by atoms with Gasteiger partial charge in [0.2, 0.25) is 5.75 Å². The Kier molecular flexibility index (Phi) is 4.32. The van der Waals surface area contributed by atoms with Crippen molar-refractivity contribution in [2.45, 2.75) is 6.92 Å². The van der Waals surface area contributed by atoms with Crippen LogP contribution in [0.15, 0.2) is 36.4 Å². The number of nitro groups is 1. The molecule has 0 spiro atoms. The maximum Gasteiger partial charge on any atom is 0.311 e. The molecule has 0 aliphatic rings. The molecule has 2 aromatic carbocycles. The van der Waals surface area contributed by atoms with Crippen LogP contribution >= 0.6 is 0 Å². The molecule has 0 bridgehead atoms. The summed E-state index contributed by atoms with van der Waals surface area (Å²) in [5.74, 6) is -2.31. The molecular weight excluding hydrogens is 284 g/mol. The molecule has 0 aliphatic heterocycles. The smallest absolute Gasteiger partial charge is 0.311 e. The first-order valence-corrected chi connectivity index (χ1v) is 6.06. The highest BCUT2D eigenvalue weighted by molar-refractivity contribution is 5.51. The molecule has 0 aromatic heterocycles. The molecule has 0 aliphatic carbocycles. The lowest BCUT2D eigenvalue weighted by Gasteiger charge is -2.10. The highest BCUT2D eigenvalue weighted by atomic mass is 19.1. The summed E-state index contributed by atoms with van der Waals surface area (Å²) in [6, 6.07) is 6.92. The number of rotatable bonds is 5. The normalized spacial score (nSPS) is 10.2. The van der Waals surface area contributed by atoms with E-state index in [4.69, 9.17) is 9.47 Å². The second kappa shape index (κ2) is 6.17. The average Bonchev–Trinajstić information content (AvgIpc) is 2.43. The minimum atomic E-state index is -0.869. The van der Waals surface area contributed by atoms with Gasteiger partial charge >= 0.3 is 5.69 Å². The average molecular weight is 295 g/mol. The van der Waals surface area contributed by atoms with Gasteiger partial charge in [0.05, 0.1) is 11.5 Å². The van der Waals surface area contributed by atoms with Crippen LogP contribution in [0.1, 0.15) is 6.92 Å². The number of hydrogen-bond donors (Lipinski definition) is 0. The Morgan fingerprint density at radius 1 is 1.19 bits per heavy atom. The van der Waals surface area contributed by atoms with E-state index in [1.807, 2.05) is 0 Å². The predicted molar refractivity (Wildman–Crippen MR) is 70.7 cm³/mol. The maximum absolute atomic E-state index is 13.5. The number of hydrogen-bond acceptors (Lipinski definition) is 4. The third kappa shape index (κ3) is 3.25. The minimum absolute atomic E-state index is 0.0308. The van der Waals surface area contributed by atoms with Gasteiger partial charge in [-0.3, -0.25) is 10.1 Å². The van der Waals surface area contributed by atoms with Crippen molar-refractivity contribution in [2.75, 3.05) is 6.61 Å². The summed E-state index contributed by atoms with van der Waals surface area (Å²) >= 11 is 0. The zero-order valence-corrected chi connectivity index (χ0v) is 11.0. The molecule has 7 heteroatoms. The first-order chi connectivity index (χ1) is 10.0. The van der Waals surface area contributed by atoms with Crippen molar-refractivity contribution >= 4 is 5.69 Å². The van der Waals surface area contributed by atoms with Gasteiger partial charge in [-0.2, -0.15) is 0 Å². The van der Waals surface area contributed by atoms with E-state index in [2.05, 4.69) is 0 Å². The molecule has 0 heterocycles. The largest absolute Gasteiger partial charge is 0.487 e. The molecule has 0 amide bonds. The standard InChI is InChI=1S/C14H11F2NO4/c1-2-20-13-8-9(6-7-12(13)17(18)19)21-14-10(15)4-3-5-11(14)16/h3-8H,2H2,1H3. The molecule has 0 saturated heterocycles. The lowest BCUT2D eigenvalue weighted by atomic mass is 10.2. The van der Waals surface area contributed by atoms with Crippen molar-refractivity contribution in [1.29, 1.82) is 0 Å². The molecule has 0 N–H and O–H groups in total. The summed E-state index contributed by atoms with van der Waals surface area (Å²) in [6.45, 7) is 1.87. The van der Waals surface area contributed by atoms with Gasteiger partial charge in [-0.1, -0.05) is 6.07 Å². The Bertz CT molecular complexity index is 656. The highest BCUT2D eigenvalue weighted by Crippen LogP contribution is 2.34. The molecule has 0 fully saturated rings. The minimum Gasteiger partial charge on any atom is -0.487 e. The molecule has 0 saturated carbocycles. The molecule has 2 rings (SSSR count). The van der Waals surface area contributed by atoms with Crippen molar-refractivity contribution in [1.82, 2.24) is 0 Å². The Labute approximate surface area is 118 Å². The summed E-state index contributed by atoms with van der Waals surface area (Å²) < 4.78 is 37.2. The number of halogens is 2. The fraction of sp³-hybridized carbons (Fsp3) is 0.143. The van der Waals surface area contributed by atoms with Crippen LogP contribution in [0.4, 0.5) is 14.5 Å². The van der Waals surface area contributed by atoms with Gasteiger partial charge in [-0.25, -0.2) is 8.78 Å². The molecule has 21 heavy (non-hydrogen) atoms. The topological polar surface area (TPSA) is 61.6 Å². The predicted octanol–water partition coefficient (Wildman–Crippen LogP) is 4.06. The molecular formula is C14H11F2NO4. The van der Waals surface area contributed by atoms with Crippen molar-refractivity contribution in [3.8, 4) is 17.2 Å². The van der Waals surface area contributed by atoms with Crippen LogP contribution in [-0.2, 0) is 0 Å². The van der Waals surface area contributed by atoms with E-state index < -0.39 is 22.3 Å². The van der Waals surface area contributed by atoms with Gasteiger partial charge in [-0.15, -0.1) is 0 Å². The van der Waals surface area contributed by atoms with Crippen molar-refractivity contribution < 1.29 is 23.2 Å². The van der Waals surface area contributed by atoms with Crippen LogP contribution in [0.25, 0.3) is 0 Å². The quantitative estimate of drug-likeness (QED) is 0.616. The molecule has 110 valence electrons. The van der Waals surface area contributed by atoms with Gasteiger partial charge in [0.1, 0.15) is 5.75 Å². The monoisotopic (exact) mass is 295 g/mol. The van der Waals surface area contributed by atoms with Crippen LogP contribution in [0, 0.1) is 21.7 Å². The van der Waals surface area contributed by atoms with E-state index in [0.29, 0.717) is 0 Å². The van der Waals surface area contributed by atoms with E-state index in [0.717, 1.165) is 18.2 Å². The molecule has 0 unspecified atom stereocenters. The third-order valence-corrected chi connectivity index (χ3v) is 2.57. The van der Waals surface area contributed by atoms with Gasteiger partial charge in [0.15, 0.2) is 17.4 Å². The van der Waals surface area contributed by atoms with Crippen LogP contribution in [0.3, 0.4) is 0 Å². The summed E-state index contributed by atoms with van der Waals surface area (Å²) in [5, 5.41) is 10.8. The summed E-state index contributed by atoms with van der Waals surface area (Å²) in [4.78, 5) is 10.2. The van der Waals surface area contributed by atoms with Gasteiger partial charge in [0.25, 0.3) is 0 Å². The number of nitrogens with zero attached hydrogens (tertiary/aromatic N) is 1. The third-order valence-electron chi connectivity index (χ3n) is 2.57. The second-order valence-electron chi connectivity index (χ2n) is 3.97. The van der Waals surface area contributed by atoms with Crippen LogP contribution < -0.4 is 9.47 Å². The number of ether oxygens (including phenoxy) is 2. The molecule has 5 nitrogen and oxygen atoms in total. The summed E-state index contributed by atoms with van der Waals surface area (Å²) in [5.41, 5.74) is -0.252. The first-order valence-electron chi connectivity index (χ1n) is 6.06. The van der Waals surface area contributed by atoms with Crippen LogP contribution in [0.5, 0.6) is 17.2 Å². The fourth-order valence-corrected chi connectivity index (χ4v) is 1.68. The first kappa shape index (κ1) is 14.7. The van der Waals surface area contributed by atoms with E-state index in [9.17, 15) is 18.9 Å². The van der Waals surface area contributed by atoms with Gasteiger partial charge < -0.3 is 9.47 Å². The molecule has 0 atom stereocenters. The van der Waals surface area contributed by atoms with E-state index in [-0.39, 0.29) is 23.8 Å². The number of nitro benzene ring substituents is 1. The zero-order valence-electron chi connectivity index (χ0n) is 11.0. The van der Waals surface area contributed by atoms with E-state index >= 15 is 0 Å². The number of para-hydroxylation sites is 1. The maximum atomic E-state index is 13.5. The summed E-state index contributed by atoms with van der Waals surface area (Å²) in [6.07, 6.45) is 0. The van der Waals surface area contributed by atoms with Crippen molar-refractivity contribution in [2.24, 2.45) is 0 Å². The van der Waals surface area contributed by atoms with Crippen LogP contribution in [0.2, 0.25) is 0 Å². The van der Waals surface area contributed by atoms with E-state index in [1.165, 1.54) is 18.2 Å².